The number of anilines is 2. The molecular formula is C31H36ClN5O3. The second-order valence-corrected chi connectivity index (χ2v) is 9.96. The van der Waals surface area contributed by atoms with Gasteiger partial charge in [-0.2, -0.15) is 4.98 Å². The van der Waals surface area contributed by atoms with Crippen molar-refractivity contribution < 1.29 is 9.47 Å². The number of pyridine rings is 1. The zero-order valence-corrected chi connectivity index (χ0v) is 24.0. The van der Waals surface area contributed by atoms with Crippen LogP contribution in [0, 0.1) is 0 Å². The second-order valence-electron chi connectivity index (χ2n) is 9.45. The molecule has 2 aromatic heterocycles. The number of benzene rings is 2. The number of ether oxygens (including phenoxy) is 2. The lowest BCUT2D eigenvalue weighted by Gasteiger charge is -2.24. The van der Waals surface area contributed by atoms with Crippen molar-refractivity contribution in [3.05, 3.63) is 94.9 Å². The number of alkyl halides is 1. The molecule has 40 heavy (non-hydrogen) atoms. The fourth-order valence-electron chi connectivity index (χ4n) is 4.37. The summed E-state index contributed by atoms with van der Waals surface area (Å²) in [7, 11) is 3.30. The summed E-state index contributed by atoms with van der Waals surface area (Å²) in [4.78, 5) is 25.5. The van der Waals surface area contributed by atoms with Gasteiger partial charge in [0.15, 0.2) is 0 Å². The molecule has 9 heteroatoms. The maximum absolute atomic E-state index is 13.6. The van der Waals surface area contributed by atoms with Gasteiger partial charge in [0, 0.05) is 25.8 Å². The molecule has 0 aliphatic carbocycles. The van der Waals surface area contributed by atoms with Crippen LogP contribution >= 0.6 is 11.6 Å². The van der Waals surface area contributed by atoms with Gasteiger partial charge in [0.25, 0.3) is 5.56 Å². The summed E-state index contributed by atoms with van der Waals surface area (Å²) in [5.74, 6) is 2.61. The fourth-order valence-corrected chi connectivity index (χ4v) is 4.65. The van der Waals surface area contributed by atoms with Crippen LogP contribution in [0.2, 0.25) is 0 Å². The summed E-state index contributed by atoms with van der Waals surface area (Å²) in [5, 5.41) is 3.82. The molecule has 0 radical (unpaired) electrons. The van der Waals surface area contributed by atoms with E-state index in [4.69, 9.17) is 31.0 Å². The largest absolute Gasteiger partial charge is 0.497 e. The maximum Gasteiger partial charge on any atom is 0.265 e. The summed E-state index contributed by atoms with van der Waals surface area (Å²) in [5.41, 5.74) is 1.93. The van der Waals surface area contributed by atoms with Crippen molar-refractivity contribution in [1.29, 1.82) is 0 Å². The van der Waals surface area contributed by atoms with Crippen LogP contribution in [-0.2, 0) is 13.1 Å². The minimum absolute atomic E-state index is 0.234. The zero-order valence-electron chi connectivity index (χ0n) is 23.3. The first-order chi connectivity index (χ1) is 19.5. The molecule has 210 valence electrons. The van der Waals surface area contributed by atoms with Crippen molar-refractivity contribution in [2.45, 2.75) is 44.8 Å². The Morgan fingerprint density at radius 1 is 1.00 bits per heavy atom. The van der Waals surface area contributed by atoms with Gasteiger partial charge in [0.2, 0.25) is 5.95 Å². The average molecular weight is 562 g/mol. The SMILES string of the molecule is C=CCC(Cl)n1ccc2nc(N(Cc3ccc(OC)cc3)Cc3ccc(OC)cc3)nc(NCCCC)c2c1=O. The van der Waals surface area contributed by atoms with Gasteiger partial charge < -0.3 is 19.7 Å². The lowest BCUT2D eigenvalue weighted by atomic mass is 10.1. The molecule has 0 aliphatic heterocycles. The van der Waals surface area contributed by atoms with Gasteiger partial charge in [0.1, 0.15) is 28.2 Å². The Kier molecular flexibility index (Phi) is 10.0. The number of methoxy groups -OCH3 is 2. The minimum Gasteiger partial charge on any atom is -0.497 e. The number of aromatic nitrogens is 3. The van der Waals surface area contributed by atoms with Crippen LogP contribution in [0.1, 0.15) is 42.8 Å². The number of nitrogens with one attached hydrogen (secondary N) is 1. The Balaban J connectivity index is 1.80. The highest BCUT2D eigenvalue weighted by molar-refractivity contribution is 6.19. The first-order valence-corrected chi connectivity index (χ1v) is 13.8. The Bertz CT molecular complexity index is 1420. The summed E-state index contributed by atoms with van der Waals surface area (Å²) in [6, 6.07) is 17.7. The van der Waals surface area contributed by atoms with E-state index in [1.807, 2.05) is 54.6 Å². The third-order valence-electron chi connectivity index (χ3n) is 6.60. The Morgan fingerprint density at radius 2 is 1.60 bits per heavy atom. The molecule has 0 saturated carbocycles. The van der Waals surface area contributed by atoms with Crippen molar-refractivity contribution in [2.75, 3.05) is 31.0 Å². The van der Waals surface area contributed by atoms with Crippen LogP contribution in [0.3, 0.4) is 0 Å². The van der Waals surface area contributed by atoms with Crippen molar-refractivity contribution >= 4 is 34.3 Å². The topological polar surface area (TPSA) is 81.5 Å². The van der Waals surface area contributed by atoms with Crippen LogP contribution in [0.5, 0.6) is 11.5 Å². The number of rotatable bonds is 14. The molecule has 4 aromatic rings. The molecule has 0 aliphatic rings. The molecule has 1 unspecified atom stereocenters. The number of nitrogens with zero attached hydrogens (tertiary/aromatic N) is 4. The number of fused-ring (bicyclic) bond motifs is 1. The van der Waals surface area contributed by atoms with E-state index in [1.165, 1.54) is 4.57 Å². The van der Waals surface area contributed by atoms with E-state index in [2.05, 4.69) is 23.7 Å². The number of halogens is 1. The van der Waals surface area contributed by atoms with Crippen LogP contribution in [0.15, 0.2) is 78.2 Å². The van der Waals surface area contributed by atoms with Gasteiger partial charge in [-0.1, -0.05) is 55.3 Å². The van der Waals surface area contributed by atoms with Gasteiger partial charge in [-0.05, 0) is 54.3 Å². The molecular weight excluding hydrogens is 526 g/mol. The molecule has 1 N–H and O–H groups in total. The highest BCUT2D eigenvalue weighted by Crippen LogP contribution is 2.26. The van der Waals surface area contributed by atoms with Crippen LogP contribution < -0.4 is 25.2 Å². The zero-order chi connectivity index (χ0) is 28.5. The smallest absolute Gasteiger partial charge is 0.265 e. The van der Waals surface area contributed by atoms with Crippen LogP contribution in [0.25, 0.3) is 10.9 Å². The normalized spacial score (nSPS) is 11.7. The third-order valence-corrected chi connectivity index (χ3v) is 6.99. The van der Waals surface area contributed by atoms with E-state index in [0.29, 0.717) is 48.7 Å². The first kappa shape index (κ1) is 29.0. The van der Waals surface area contributed by atoms with E-state index in [0.717, 1.165) is 35.5 Å². The Hall–Kier alpha value is -4.04. The van der Waals surface area contributed by atoms with Gasteiger partial charge in [-0.25, -0.2) is 4.98 Å². The minimum atomic E-state index is -0.542. The highest BCUT2D eigenvalue weighted by atomic mass is 35.5. The Morgan fingerprint density at radius 3 is 2.12 bits per heavy atom. The predicted octanol–water partition coefficient (Wildman–Crippen LogP) is 6.54. The van der Waals surface area contributed by atoms with Crippen LogP contribution in [-0.4, -0.2) is 35.3 Å². The maximum atomic E-state index is 13.6. The van der Waals surface area contributed by atoms with Crippen molar-refractivity contribution in [2.24, 2.45) is 0 Å². The van der Waals surface area contributed by atoms with Gasteiger partial charge in [0.05, 0.1) is 19.7 Å². The number of hydrogen-bond acceptors (Lipinski definition) is 7. The monoisotopic (exact) mass is 561 g/mol. The summed E-state index contributed by atoms with van der Waals surface area (Å²) in [6.45, 7) is 7.66. The van der Waals surface area contributed by atoms with Crippen molar-refractivity contribution in [3.63, 3.8) is 0 Å². The Labute approximate surface area is 240 Å². The van der Waals surface area contributed by atoms with E-state index >= 15 is 0 Å². The summed E-state index contributed by atoms with van der Waals surface area (Å²) >= 11 is 6.50. The lowest BCUT2D eigenvalue weighted by molar-refractivity contribution is 0.414. The number of allylic oxidation sites excluding steroid dienone is 1. The molecule has 8 nitrogen and oxygen atoms in total. The second kappa shape index (κ2) is 13.8. The predicted molar refractivity (Wildman–Crippen MR) is 163 cm³/mol. The van der Waals surface area contributed by atoms with Gasteiger partial charge >= 0.3 is 0 Å². The molecule has 0 spiro atoms. The molecule has 0 amide bonds. The van der Waals surface area contributed by atoms with Crippen molar-refractivity contribution in [3.8, 4) is 11.5 Å². The standard InChI is InChI=1S/C31H36ClN5O3/c1-5-7-18-33-29-28-26(17-19-37(30(28)38)27(32)8-6-2)34-31(35-29)36(20-22-9-13-24(39-3)14-10-22)21-23-11-15-25(40-4)16-12-23/h6,9-17,19,27H,2,5,7-8,18,20-21H2,1,3-4H3,(H,33,34,35). The van der Waals surface area contributed by atoms with E-state index in [-0.39, 0.29) is 5.56 Å². The molecule has 2 aromatic carbocycles. The van der Waals surface area contributed by atoms with Crippen molar-refractivity contribution in [1.82, 2.24) is 14.5 Å². The highest BCUT2D eigenvalue weighted by Gasteiger charge is 2.19. The molecule has 4 rings (SSSR count). The molecule has 0 saturated heterocycles. The number of unbranched alkanes of at least 4 members (excludes halogenated alkanes) is 1. The molecule has 1 atom stereocenters. The number of hydrogen-bond donors (Lipinski definition) is 1. The van der Waals surface area contributed by atoms with E-state index < -0.39 is 5.50 Å². The third kappa shape index (κ3) is 6.93. The molecule has 2 heterocycles. The average Bonchev–Trinajstić information content (AvgIpc) is 2.97. The quantitative estimate of drug-likeness (QED) is 0.106. The summed E-state index contributed by atoms with van der Waals surface area (Å²) in [6.07, 6.45) is 5.80. The molecule has 0 fully saturated rings. The van der Waals surface area contributed by atoms with E-state index in [1.54, 1.807) is 26.5 Å². The lowest BCUT2D eigenvalue weighted by Crippen LogP contribution is -2.27. The van der Waals surface area contributed by atoms with Crippen LogP contribution in [0.4, 0.5) is 11.8 Å². The van der Waals surface area contributed by atoms with E-state index in [9.17, 15) is 4.79 Å². The fraction of sp³-hybridized carbons (Fsp3) is 0.323. The summed E-state index contributed by atoms with van der Waals surface area (Å²) < 4.78 is 12.2. The van der Waals surface area contributed by atoms with Gasteiger partial charge in [-0.15, -0.1) is 6.58 Å². The molecule has 0 bridgehead atoms. The van der Waals surface area contributed by atoms with Gasteiger partial charge in [-0.3, -0.25) is 9.36 Å². The first-order valence-electron chi connectivity index (χ1n) is 13.4.